The molecule has 0 aromatic carbocycles. The highest BCUT2D eigenvalue weighted by Gasteiger charge is 2.48. The standard InChI is InChI=1S/C17H29N/c1-11-3-2-4-16(5-11)18-17-14-7-12-6-13(9-14)10-15(17)8-12/h11-18H,2-10H2,1H3. The second-order valence-corrected chi connectivity index (χ2v) is 8.09. The first-order chi connectivity index (χ1) is 8.78. The summed E-state index contributed by atoms with van der Waals surface area (Å²) in [5.41, 5.74) is 0. The van der Waals surface area contributed by atoms with Gasteiger partial charge in [0.05, 0.1) is 0 Å². The summed E-state index contributed by atoms with van der Waals surface area (Å²) in [7, 11) is 0. The molecule has 0 aliphatic heterocycles. The summed E-state index contributed by atoms with van der Waals surface area (Å²) >= 11 is 0. The third-order valence-corrected chi connectivity index (χ3v) is 6.59. The van der Waals surface area contributed by atoms with E-state index in [1.165, 1.54) is 25.7 Å². The molecule has 5 rings (SSSR count). The van der Waals surface area contributed by atoms with Gasteiger partial charge in [-0.25, -0.2) is 0 Å². The SMILES string of the molecule is CC1CCCC(NC2C3CC4CC(C3)CC2C4)C1. The monoisotopic (exact) mass is 247 g/mol. The van der Waals surface area contributed by atoms with Crippen molar-refractivity contribution in [3.05, 3.63) is 0 Å². The molecule has 0 radical (unpaired) electrons. The summed E-state index contributed by atoms with van der Waals surface area (Å²) in [4.78, 5) is 0. The fourth-order valence-electron chi connectivity index (χ4n) is 6.05. The molecule has 0 spiro atoms. The Morgan fingerprint density at radius 1 is 0.778 bits per heavy atom. The van der Waals surface area contributed by atoms with Crippen LogP contribution in [-0.4, -0.2) is 12.1 Å². The second kappa shape index (κ2) is 4.51. The van der Waals surface area contributed by atoms with E-state index < -0.39 is 0 Å². The minimum absolute atomic E-state index is 0.858. The minimum Gasteiger partial charge on any atom is -0.311 e. The Morgan fingerprint density at radius 3 is 2.06 bits per heavy atom. The Balaban J connectivity index is 1.42. The fourth-order valence-corrected chi connectivity index (χ4v) is 6.05. The van der Waals surface area contributed by atoms with Crippen LogP contribution >= 0.6 is 0 Å². The lowest BCUT2D eigenvalue weighted by Gasteiger charge is -2.55. The maximum atomic E-state index is 4.13. The molecule has 5 aliphatic carbocycles. The summed E-state index contributed by atoms with van der Waals surface area (Å²) < 4.78 is 0. The topological polar surface area (TPSA) is 12.0 Å². The number of hydrogen-bond donors (Lipinski definition) is 1. The summed E-state index contributed by atoms with van der Waals surface area (Å²) in [6.45, 7) is 2.45. The zero-order valence-corrected chi connectivity index (χ0v) is 11.9. The van der Waals surface area contributed by atoms with Crippen LogP contribution in [0.3, 0.4) is 0 Å². The van der Waals surface area contributed by atoms with Gasteiger partial charge >= 0.3 is 0 Å². The lowest BCUT2D eigenvalue weighted by atomic mass is 9.54. The Morgan fingerprint density at radius 2 is 1.44 bits per heavy atom. The van der Waals surface area contributed by atoms with Crippen LogP contribution in [0, 0.1) is 29.6 Å². The van der Waals surface area contributed by atoms with Crippen LogP contribution in [0.15, 0.2) is 0 Å². The maximum Gasteiger partial charge on any atom is 0.0127 e. The molecule has 0 heterocycles. The van der Waals surface area contributed by atoms with Crippen LogP contribution in [-0.2, 0) is 0 Å². The molecule has 5 saturated carbocycles. The molecule has 1 N–H and O–H groups in total. The Hall–Kier alpha value is -0.0400. The molecule has 5 aliphatic rings. The van der Waals surface area contributed by atoms with Crippen molar-refractivity contribution in [3.63, 3.8) is 0 Å². The van der Waals surface area contributed by atoms with Crippen molar-refractivity contribution >= 4 is 0 Å². The predicted molar refractivity (Wildman–Crippen MR) is 75.4 cm³/mol. The van der Waals surface area contributed by atoms with E-state index in [4.69, 9.17) is 0 Å². The third-order valence-electron chi connectivity index (χ3n) is 6.59. The predicted octanol–water partition coefficient (Wildman–Crippen LogP) is 3.98. The van der Waals surface area contributed by atoms with E-state index in [9.17, 15) is 0 Å². The van der Waals surface area contributed by atoms with Crippen LogP contribution in [0.5, 0.6) is 0 Å². The largest absolute Gasteiger partial charge is 0.311 e. The smallest absolute Gasteiger partial charge is 0.0127 e. The molecule has 5 fully saturated rings. The lowest BCUT2D eigenvalue weighted by Crippen LogP contribution is -2.57. The first kappa shape index (κ1) is 11.8. The average Bonchev–Trinajstić information content (AvgIpc) is 2.33. The molecule has 4 bridgehead atoms. The first-order valence-corrected chi connectivity index (χ1v) is 8.54. The van der Waals surface area contributed by atoms with Crippen molar-refractivity contribution in [3.8, 4) is 0 Å². The van der Waals surface area contributed by atoms with Gasteiger partial charge in [0, 0.05) is 12.1 Å². The van der Waals surface area contributed by atoms with Crippen molar-refractivity contribution in [2.75, 3.05) is 0 Å². The minimum atomic E-state index is 0.858. The third kappa shape index (κ3) is 2.03. The normalized spacial score (nSPS) is 54.8. The van der Waals surface area contributed by atoms with Gasteiger partial charge in [-0.1, -0.05) is 19.8 Å². The van der Waals surface area contributed by atoms with Crippen molar-refractivity contribution < 1.29 is 0 Å². The van der Waals surface area contributed by atoms with E-state index in [0.29, 0.717) is 0 Å². The van der Waals surface area contributed by atoms with Gasteiger partial charge in [0.1, 0.15) is 0 Å². The molecule has 1 heteroatoms. The van der Waals surface area contributed by atoms with E-state index in [-0.39, 0.29) is 0 Å². The molecule has 2 unspecified atom stereocenters. The molecule has 0 amide bonds. The van der Waals surface area contributed by atoms with Gasteiger partial charge in [-0.15, -0.1) is 0 Å². The molecule has 0 saturated heterocycles. The fraction of sp³-hybridized carbons (Fsp3) is 1.00. The van der Waals surface area contributed by atoms with Crippen LogP contribution in [0.25, 0.3) is 0 Å². The van der Waals surface area contributed by atoms with E-state index >= 15 is 0 Å². The van der Waals surface area contributed by atoms with Crippen molar-refractivity contribution in [1.29, 1.82) is 0 Å². The molecule has 1 nitrogen and oxygen atoms in total. The summed E-state index contributed by atoms with van der Waals surface area (Å²) in [6.07, 6.45) is 13.7. The molecule has 18 heavy (non-hydrogen) atoms. The van der Waals surface area contributed by atoms with Gasteiger partial charge in [-0.05, 0) is 74.5 Å². The van der Waals surface area contributed by atoms with Gasteiger partial charge < -0.3 is 5.32 Å². The van der Waals surface area contributed by atoms with E-state index in [1.807, 2.05) is 0 Å². The summed E-state index contributed by atoms with van der Waals surface area (Å²) in [6, 6.07) is 1.77. The van der Waals surface area contributed by atoms with E-state index in [0.717, 1.165) is 41.7 Å². The molecular weight excluding hydrogens is 218 g/mol. The van der Waals surface area contributed by atoms with Crippen LogP contribution in [0.2, 0.25) is 0 Å². The van der Waals surface area contributed by atoms with Crippen molar-refractivity contribution in [1.82, 2.24) is 5.32 Å². The first-order valence-electron chi connectivity index (χ1n) is 8.54. The summed E-state index contributed by atoms with van der Waals surface area (Å²) in [5, 5.41) is 4.13. The second-order valence-electron chi connectivity index (χ2n) is 8.09. The van der Waals surface area contributed by atoms with E-state index in [2.05, 4.69) is 12.2 Å². The molecule has 102 valence electrons. The highest BCUT2D eigenvalue weighted by Crippen LogP contribution is 2.53. The lowest BCUT2D eigenvalue weighted by molar-refractivity contribution is -0.0200. The highest BCUT2D eigenvalue weighted by atomic mass is 15.0. The van der Waals surface area contributed by atoms with Crippen molar-refractivity contribution in [2.24, 2.45) is 29.6 Å². The van der Waals surface area contributed by atoms with Gasteiger partial charge in [0.25, 0.3) is 0 Å². The quantitative estimate of drug-likeness (QED) is 0.778. The Kier molecular flexibility index (Phi) is 2.94. The summed E-state index contributed by atoms with van der Waals surface area (Å²) in [5.74, 6) is 5.32. The van der Waals surface area contributed by atoms with Crippen LogP contribution in [0.1, 0.15) is 64.7 Å². The number of nitrogens with one attached hydrogen (secondary N) is 1. The van der Waals surface area contributed by atoms with E-state index in [1.54, 1.807) is 32.1 Å². The average molecular weight is 247 g/mol. The Bertz CT molecular complexity index is 283. The highest BCUT2D eigenvalue weighted by molar-refractivity contribution is 5.02. The Labute approximate surface area is 112 Å². The maximum absolute atomic E-state index is 4.13. The molecule has 0 aromatic heterocycles. The zero-order valence-electron chi connectivity index (χ0n) is 11.9. The van der Waals surface area contributed by atoms with Gasteiger partial charge in [0.15, 0.2) is 0 Å². The zero-order chi connectivity index (χ0) is 12.1. The van der Waals surface area contributed by atoms with Crippen LogP contribution < -0.4 is 5.32 Å². The van der Waals surface area contributed by atoms with Gasteiger partial charge in [-0.3, -0.25) is 0 Å². The van der Waals surface area contributed by atoms with Gasteiger partial charge in [-0.2, -0.15) is 0 Å². The van der Waals surface area contributed by atoms with Gasteiger partial charge in [0.2, 0.25) is 0 Å². The molecule has 2 atom stereocenters. The van der Waals surface area contributed by atoms with Crippen LogP contribution in [0.4, 0.5) is 0 Å². The molecule has 0 aromatic rings. The number of hydrogen-bond acceptors (Lipinski definition) is 1. The van der Waals surface area contributed by atoms with Crippen molar-refractivity contribution in [2.45, 2.75) is 76.8 Å². The molecular formula is C17H29N. The number of rotatable bonds is 2.